The van der Waals surface area contributed by atoms with E-state index >= 15 is 0 Å². The Morgan fingerprint density at radius 2 is 1.51 bits per heavy atom. The summed E-state index contributed by atoms with van der Waals surface area (Å²) < 4.78 is 33.5. The lowest BCUT2D eigenvalue weighted by Crippen LogP contribution is -2.44. The number of carbonyl (C=O) groups is 2. The van der Waals surface area contributed by atoms with Crippen molar-refractivity contribution < 1.29 is 27.5 Å². The Balaban J connectivity index is 1.49. The van der Waals surface area contributed by atoms with Gasteiger partial charge in [-0.05, 0) is 60.4 Å². The zero-order chi connectivity index (χ0) is 28.5. The molecule has 4 aromatic rings. The largest absolute Gasteiger partial charge is 0.480 e. The van der Waals surface area contributed by atoms with Crippen LogP contribution < -0.4 is 14.9 Å². The Kier molecular flexibility index (Phi) is 7.80. The Bertz CT molecular complexity index is 1620. The van der Waals surface area contributed by atoms with Crippen molar-refractivity contribution in [2.75, 3.05) is 24.3 Å². The fourth-order valence-electron chi connectivity index (χ4n) is 4.34. The molecule has 3 aromatic carbocycles. The number of carboxylic acids is 1. The second kappa shape index (κ2) is 10.9. The molecule has 0 bridgehead atoms. The van der Waals surface area contributed by atoms with Gasteiger partial charge in [0, 0.05) is 36.4 Å². The van der Waals surface area contributed by atoms with Crippen molar-refractivity contribution in [3.8, 4) is 11.1 Å². The van der Waals surface area contributed by atoms with E-state index in [0.29, 0.717) is 11.3 Å². The molecule has 1 aromatic heterocycles. The van der Waals surface area contributed by atoms with Gasteiger partial charge in [0.1, 0.15) is 11.6 Å². The van der Waals surface area contributed by atoms with E-state index in [2.05, 4.69) is 10.0 Å². The summed E-state index contributed by atoms with van der Waals surface area (Å²) in [6.45, 7) is 5.13. The van der Waals surface area contributed by atoms with Crippen LogP contribution in [0.4, 0.5) is 11.4 Å². The van der Waals surface area contributed by atoms with E-state index in [9.17, 15) is 23.1 Å². The van der Waals surface area contributed by atoms with E-state index < -0.39 is 28.0 Å². The third-order valence-corrected chi connectivity index (χ3v) is 7.93. The molecule has 0 aliphatic heterocycles. The maximum atomic E-state index is 13.0. The fraction of sp³-hybridized carbons (Fsp3) is 0.241. The summed E-state index contributed by atoms with van der Waals surface area (Å²) in [5.41, 5.74) is 4.51. The van der Waals surface area contributed by atoms with Crippen LogP contribution >= 0.6 is 0 Å². The molecule has 0 aliphatic rings. The number of nitrogens with one attached hydrogen (secondary N) is 2. The Morgan fingerprint density at radius 1 is 0.923 bits per heavy atom. The Morgan fingerprint density at radius 3 is 2.05 bits per heavy atom. The van der Waals surface area contributed by atoms with E-state index in [-0.39, 0.29) is 16.6 Å². The third kappa shape index (κ3) is 5.81. The summed E-state index contributed by atoms with van der Waals surface area (Å²) in [4.78, 5) is 26.4. The van der Waals surface area contributed by atoms with Gasteiger partial charge >= 0.3 is 5.97 Å². The van der Waals surface area contributed by atoms with E-state index in [4.69, 9.17) is 4.42 Å². The van der Waals surface area contributed by atoms with Crippen LogP contribution in [0.1, 0.15) is 30.0 Å². The standard InChI is InChI=1S/C29H31N3O6S/c1-17(2)26(29(34)35)31-39(36,37)22-15-11-20(12-16-22)19-9-13-21(14-10-19)30-28(33)27-18(3)25-23(32(4)5)7-6-8-24(25)38-27/h6-17,26,31H,1-5H3,(H,30,33)(H,34,35). The van der Waals surface area contributed by atoms with Crippen molar-refractivity contribution in [1.82, 2.24) is 4.72 Å². The van der Waals surface area contributed by atoms with E-state index in [0.717, 1.165) is 27.8 Å². The predicted octanol–water partition coefficient (Wildman–Crippen LogP) is 5.11. The molecule has 4 rings (SSSR count). The number of nitrogens with zero attached hydrogens (tertiary/aromatic N) is 1. The summed E-state index contributed by atoms with van der Waals surface area (Å²) in [6, 6.07) is 17.8. The molecule has 204 valence electrons. The molecule has 0 spiro atoms. The van der Waals surface area contributed by atoms with Crippen LogP contribution in [-0.2, 0) is 14.8 Å². The van der Waals surface area contributed by atoms with Crippen molar-refractivity contribution >= 4 is 44.2 Å². The maximum Gasteiger partial charge on any atom is 0.322 e. The average molecular weight is 550 g/mol. The maximum absolute atomic E-state index is 13.0. The molecule has 1 amide bonds. The predicted molar refractivity (Wildman–Crippen MR) is 152 cm³/mol. The van der Waals surface area contributed by atoms with Gasteiger partial charge in [0.15, 0.2) is 5.76 Å². The highest BCUT2D eigenvalue weighted by Gasteiger charge is 2.28. The highest BCUT2D eigenvalue weighted by Crippen LogP contribution is 2.33. The van der Waals surface area contributed by atoms with Crippen LogP contribution in [0.5, 0.6) is 0 Å². The molecule has 1 heterocycles. The second-order valence-corrected chi connectivity index (χ2v) is 11.6. The lowest BCUT2D eigenvalue weighted by atomic mass is 10.1. The highest BCUT2D eigenvalue weighted by atomic mass is 32.2. The van der Waals surface area contributed by atoms with Gasteiger partial charge in [-0.15, -0.1) is 0 Å². The van der Waals surface area contributed by atoms with Crippen molar-refractivity contribution in [2.45, 2.75) is 31.7 Å². The molecule has 0 aliphatic carbocycles. The number of carboxylic acid groups (broad SMARTS) is 1. The zero-order valence-corrected chi connectivity index (χ0v) is 23.2. The van der Waals surface area contributed by atoms with Gasteiger partial charge in [0.25, 0.3) is 5.91 Å². The number of fused-ring (bicyclic) bond motifs is 1. The van der Waals surface area contributed by atoms with Crippen molar-refractivity contribution in [3.63, 3.8) is 0 Å². The normalized spacial score (nSPS) is 12.5. The molecule has 9 nitrogen and oxygen atoms in total. The summed E-state index contributed by atoms with van der Waals surface area (Å²) in [5, 5.41) is 13.1. The number of hydrogen-bond acceptors (Lipinski definition) is 6. The van der Waals surface area contributed by atoms with Gasteiger partial charge in [-0.25, -0.2) is 8.42 Å². The van der Waals surface area contributed by atoms with Crippen molar-refractivity contribution in [2.24, 2.45) is 5.92 Å². The van der Waals surface area contributed by atoms with Gasteiger partial charge in [0.2, 0.25) is 10.0 Å². The van der Waals surface area contributed by atoms with Crippen LogP contribution in [0.15, 0.2) is 76.0 Å². The fourth-order valence-corrected chi connectivity index (χ4v) is 5.68. The first-order valence-corrected chi connectivity index (χ1v) is 13.8. The van der Waals surface area contributed by atoms with Crippen LogP contribution in [0.25, 0.3) is 22.1 Å². The number of benzene rings is 3. The molecule has 1 atom stereocenters. The average Bonchev–Trinajstić information content (AvgIpc) is 3.24. The summed E-state index contributed by atoms with van der Waals surface area (Å²) in [6.07, 6.45) is 0. The van der Waals surface area contributed by atoms with Crippen molar-refractivity contribution in [1.29, 1.82) is 0 Å². The first-order chi connectivity index (χ1) is 18.4. The van der Waals surface area contributed by atoms with Crippen molar-refractivity contribution in [3.05, 3.63) is 78.1 Å². The number of carbonyl (C=O) groups excluding carboxylic acids is 1. The van der Waals surface area contributed by atoms with E-state index in [1.165, 1.54) is 12.1 Å². The number of aryl methyl sites for hydroxylation is 1. The zero-order valence-electron chi connectivity index (χ0n) is 22.3. The third-order valence-electron chi connectivity index (χ3n) is 6.48. The van der Waals surface area contributed by atoms with Gasteiger partial charge < -0.3 is 19.7 Å². The van der Waals surface area contributed by atoms with Gasteiger partial charge in [0.05, 0.1) is 4.90 Å². The summed E-state index contributed by atoms with van der Waals surface area (Å²) >= 11 is 0. The second-order valence-electron chi connectivity index (χ2n) is 9.84. The van der Waals surface area contributed by atoms with E-state index in [1.54, 1.807) is 38.1 Å². The number of aliphatic carboxylic acids is 1. The minimum atomic E-state index is -4.01. The van der Waals surface area contributed by atoms with Crippen LogP contribution in [0.2, 0.25) is 0 Å². The molecule has 0 saturated carbocycles. The Labute approximate surface area is 227 Å². The first-order valence-electron chi connectivity index (χ1n) is 12.4. The first kappa shape index (κ1) is 27.9. The lowest BCUT2D eigenvalue weighted by Gasteiger charge is -2.18. The molecule has 3 N–H and O–H groups in total. The molecular weight excluding hydrogens is 518 g/mol. The molecule has 0 fully saturated rings. The van der Waals surface area contributed by atoms with Gasteiger partial charge in [-0.2, -0.15) is 4.72 Å². The quantitative estimate of drug-likeness (QED) is 0.264. The number of hydrogen-bond donors (Lipinski definition) is 3. The van der Waals surface area contributed by atoms with E-state index in [1.807, 2.05) is 56.3 Å². The summed E-state index contributed by atoms with van der Waals surface area (Å²) in [5.74, 6) is -1.76. The number of rotatable bonds is 9. The highest BCUT2D eigenvalue weighted by molar-refractivity contribution is 7.89. The molecule has 0 radical (unpaired) electrons. The van der Waals surface area contributed by atoms with Crippen LogP contribution in [0.3, 0.4) is 0 Å². The molecule has 39 heavy (non-hydrogen) atoms. The van der Waals surface area contributed by atoms with Gasteiger partial charge in [-0.3, -0.25) is 9.59 Å². The van der Waals surface area contributed by atoms with Crippen LogP contribution in [-0.4, -0.2) is 45.5 Å². The molecule has 0 saturated heterocycles. The SMILES string of the molecule is Cc1c(C(=O)Nc2ccc(-c3ccc(S(=O)(=O)NC(C(=O)O)C(C)C)cc3)cc2)oc2cccc(N(C)C)c12. The molecule has 1 unspecified atom stereocenters. The molecule has 10 heteroatoms. The lowest BCUT2D eigenvalue weighted by molar-refractivity contribution is -0.140. The number of sulfonamides is 1. The Hall–Kier alpha value is -4.15. The summed E-state index contributed by atoms with van der Waals surface area (Å²) in [7, 11) is -0.130. The minimum absolute atomic E-state index is 0.0272. The topological polar surface area (TPSA) is 129 Å². The number of amides is 1. The number of anilines is 2. The minimum Gasteiger partial charge on any atom is -0.480 e. The van der Waals surface area contributed by atoms with Crippen LogP contribution in [0, 0.1) is 12.8 Å². The van der Waals surface area contributed by atoms with Gasteiger partial charge in [-0.1, -0.05) is 44.2 Å². The smallest absolute Gasteiger partial charge is 0.322 e. The number of furan rings is 1. The monoisotopic (exact) mass is 549 g/mol. The molecular formula is C29H31N3O6S.